The molecule has 0 saturated heterocycles. The number of amides is 1. The van der Waals surface area contributed by atoms with Crippen molar-refractivity contribution in [1.82, 2.24) is 0 Å². The van der Waals surface area contributed by atoms with Crippen LogP contribution in [0, 0.1) is 13.8 Å². The molecule has 2 rings (SSSR count). The summed E-state index contributed by atoms with van der Waals surface area (Å²) >= 11 is 3.43. The lowest BCUT2D eigenvalue weighted by Crippen LogP contribution is -3.08. The van der Waals surface area contributed by atoms with Crippen LogP contribution in [-0.4, -0.2) is 19.5 Å². The Morgan fingerprint density at radius 2 is 1.68 bits per heavy atom. The van der Waals surface area contributed by atoms with Gasteiger partial charge in [-0.3, -0.25) is 4.79 Å². The van der Waals surface area contributed by atoms with Crippen LogP contribution in [0.15, 0.2) is 46.9 Å². The van der Waals surface area contributed by atoms with E-state index >= 15 is 0 Å². The van der Waals surface area contributed by atoms with Crippen molar-refractivity contribution in [3.63, 3.8) is 0 Å². The molecule has 22 heavy (non-hydrogen) atoms. The summed E-state index contributed by atoms with van der Waals surface area (Å²) in [5.74, 6) is 0.0482. The molecular formula is C18H22BrN2O+. The molecular weight excluding hydrogens is 340 g/mol. The molecule has 2 aromatic carbocycles. The SMILES string of the molecule is Cc1cccc(C)c1NC(=O)C[NH+](C)Cc1ccc(Br)cc1. The van der Waals surface area contributed by atoms with E-state index in [1.165, 1.54) is 5.56 Å². The second kappa shape index (κ2) is 7.56. The van der Waals surface area contributed by atoms with Crippen LogP contribution in [0.4, 0.5) is 5.69 Å². The Morgan fingerprint density at radius 3 is 2.27 bits per heavy atom. The maximum Gasteiger partial charge on any atom is 0.279 e. The van der Waals surface area contributed by atoms with Crippen molar-refractivity contribution in [3.8, 4) is 0 Å². The topological polar surface area (TPSA) is 33.5 Å². The van der Waals surface area contributed by atoms with E-state index in [1.807, 2.05) is 51.2 Å². The number of halogens is 1. The second-order valence-corrected chi connectivity index (χ2v) is 6.67. The number of nitrogens with one attached hydrogen (secondary N) is 2. The first-order valence-electron chi connectivity index (χ1n) is 7.37. The van der Waals surface area contributed by atoms with Crippen LogP contribution < -0.4 is 10.2 Å². The first-order valence-corrected chi connectivity index (χ1v) is 8.17. The molecule has 0 aliphatic heterocycles. The van der Waals surface area contributed by atoms with Gasteiger partial charge in [0.1, 0.15) is 6.54 Å². The first-order chi connectivity index (χ1) is 10.5. The summed E-state index contributed by atoms with van der Waals surface area (Å²) in [5, 5.41) is 3.04. The van der Waals surface area contributed by atoms with Crippen LogP contribution in [0.3, 0.4) is 0 Å². The predicted octanol–water partition coefficient (Wildman–Crippen LogP) is 2.72. The summed E-state index contributed by atoms with van der Waals surface area (Å²) in [6.07, 6.45) is 0. The van der Waals surface area contributed by atoms with Crippen molar-refractivity contribution < 1.29 is 9.69 Å². The predicted molar refractivity (Wildman–Crippen MR) is 94.1 cm³/mol. The quantitative estimate of drug-likeness (QED) is 0.843. The highest BCUT2D eigenvalue weighted by Crippen LogP contribution is 2.18. The summed E-state index contributed by atoms with van der Waals surface area (Å²) < 4.78 is 1.07. The largest absolute Gasteiger partial charge is 0.326 e. The lowest BCUT2D eigenvalue weighted by atomic mass is 10.1. The summed E-state index contributed by atoms with van der Waals surface area (Å²) in [6, 6.07) is 14.2. The van der Waals surface area contributed by atoms with Gasteiger partial charge in [0, 0.05) is 15.7 Å². The first kappa shape index (κ1) is 16.7. The van der Waals surface area contributed by atoms with Gasteiger partial charge in [-0.2, -0.15) is 0 Å². The molecule has 1 unspecified atom stereocenters. The molecule has 4 heteroatoms. The Balaban J connectivity index is 1.92. The van der Waals surface area contributed by atoms with Crippen LogP contribution >= 0.6 is 15.9 Å². The molecule has 0 aliphatic rings. The van der Waals surface area contributed by atoms with Crippen molar-refractivity contribution in [2.45, 2.75) is 20.4 Å². The Morgan fingerprint density at radius 1 is 1.09 bits per heavy atom. The van der Waals surface area contributed by atoms with E-state index in [2.05, 4.69) is 33.4 Å². The smallest absolute Gasteiger partial charge is 0.279 e. The number of carbonyl (C=O) groups excluding carboxylic acids is 1. The van der Waals surface area contributed by atoms with Crippen molar-refractivity contribution in [2.24, 2.45) is 0 Å². The monoisotopic (exact) mass is 361 g/mol. The van der Waals surface area contributed by atoms with Crippen LogP contribution in [-0.2, 0) is 11.3 Å². The lowest BCUT2D eigenvalue weighted by Gasteiger charge is -2.16. The van der Waals surface area contributed by atoms with E-state index in [0.717, 1.165) is 32.7 Å². The summed E-state index contributed by atoms with van der Waals surface area (Å²) in [4.78, 5) is 13.4. The van der Waals surface area contributed by atoms with E-state index in [1.54, 1.807) is 0 Å². The van der Waals surface area contributed by atoms with Gasteiger partial charge < -0.3 is 10.2 Å². The number of aryl methyl sites for hydroxylation is 2. The van der Waals surface area contributed by atoms with Crippen LogP contribution in [0.25, 0.3) is 0 Å². The van der Waals surface area contributed by atoms with Crippen molar-refractivity contribution in [3.05, 3.63) is 63.6 Å². The molecule has 2 N–H and O–H groups in total. The normalized spacial score (nSPS) is 12.0. The average molecular weight is 362 g/mol. The fourth-order valence-corrected chi connectivity index (χ4v) is 2.75. The fourth-order valence-electron chi connectivity index (χ4n) is 2.48. The standard InChI is InChI=1S/C18H21BrN2O/c1-13-5-4-6-14(2)18(13)20-17(22)12-21(3)11-15-7-9-16(19)10-8-15/h4-10H,11-12H2,1-3H3,(H,20,22)/p+1. The molecule has 0 saturated carbocycles. The third-order valence-electron chi connectivity index (χ3n) is 3.63. The third kappa shape index (κ3) is 4.68. The Bertz CT molecular complexity index is 632. The van der Waals surface area contributed by atoms with Gasteiger partial charge in [0.15, 0.2) is 6.54 Å². The molecule has 0 aliphatic carbocycles. The number of quaternary nitrogens is 1. The van der Waals surface area contributed by atoms with Crippen molar-refractivity contribution in [2.75, 3.05) is 18.9 Å². The van der Waals surface area contributed by atoms with Crippen molar-refractivity contribution >= 4 is 27.5 Å². The van der Waals surface area contributed by atoms with E-state index in [9.17, 15) is 4.79 Å². The minimum Gasteiger partial charge on any atom is -0.326 e. The number of hydrogen-bond donors (Lipinski definition) is 2. The third-order valence-corrected chi connectivity index (χ3v) is 4.16. The van der Waals surface area contributed by atoms with E-state index in [0.29, 0.717) is 6.54 Å². The summed E-state index contributed by atoms with van der Waals surface area (Å²) in [5.41, 5.74) is 4.35. The molecule has 2 aromatic rings. The van der Waals surface area contributed by atoms with Gasteiger partial charge in [-0.15, -0.1) is 0 Å². The summed E-state index contributed by atoms with van der Waals surface area (Å²) in [6.45, 7) is 5.30. The number of likely N-dealkylation sites (N-methyl/N-ethyl adjacent to an activating group) is 1. The number of benzene rings is 2. The fraction of sp³-hybridized carbons (Fsp3) is 0.278. The highest BCUT2D eigenvalue weighted by molar-refractivity contribution is 9.10. The van der Waals surface area contributed by atoms with Crippen LogP contribution in [0.2, 0.25) is 0 Å². The number of rotatable bonds is 5. The molecule has 0 spiro atoms. The Kier molecular flexibility index (Phi) is 5.75. The Labute approximate surface area is 140 Å². The van der Waals surface area contributed by atoms with E-state index in [4.69, 9.17) is 0 Å². The minimum absolute atomic E-state index is 0.0482. The van der Waals surface area contributed by atoms with Crippen molar-refractivity contribution in [1.29, 1.82) is 0 Å². The number of carbonyl (C=O) groups is 1. The molecule has 116 valence electrons. The molecule has 0 aromatic heterocycles. The zero-order valence-electron chi connectivity index (χ0n) is 13.2. The van der Waals surface area contributed by atoms with E-state index in [-0.39, 0.29) is 5.91 Å². The lowest BCUT2D eigenvalue weighted by molar-refractivity contribution is -0.885. The zero-order valence-corrected chi connectivity index (χ0v) is 14.8. The van der Waals surface area contributed by atoms with E-state index < -0.39 is 0 Å². The van der Waals surface area contributed by atoms with Gasteiger partial charge in [-0.1, -0.05) is 46.3 Å². The molecule has 0 heterocycles. The highest BCUT2D eigenvalue weighted by atomic mass is 79.9. The summed E-state index contributed by atoms with van der Waals surface area (Å²) in [7, 11) is 2.03. The van der Waals surface area contributed by atoms with Gasteiger partial charge in [0.2, 0.25) is 0 Å². The van der Waals surface area contributed by atoms with Gasteiger partial charge in [0.25, 0.3) is 5.91 Å². The van der Waals surface area contributed by atoms with Crippen LogP contribution in [0.5, 0.6) is 0 Å². The number of hydrogen-bond acceptors (Lipinski definition) is 1. The molecule has 0 bridgehead atoms. The van der Waals surface area contributed by atoms with Gasteiger partial charge in [-0.25, -0.2) is 0 Å². The average Bonchev–Trinajstić information content (AvgIpc) is 2.45. The highest BCUT2D eigenvalue weighted by Gasteiger charge is 2.12. The number of para-hydroxylation sites is 1. The number of anilines is 1. The Hall–Kier alpha value is -1.65. The zero-order chi connectivity index (χ0) is 16.1. The maximum absolute atomic E-state index is 12.2. The minimum atomic E-state index is 0.0482. The molecule has 1 amide bonds. The van der Waals surface area contributed by atoms with Gasteiger partial charge >= 0.3 is 0 Å². The molecule has 3 nitrogen and oxygen atoms in total. The second-order valence-electron chi connectivity index (χ2n) is 5.75. The molecule has 0 fully saturated rings. The van der Waals surface area contributed by atoms with Gasteiger partial charge in [-0.05, 0) is 37.1 Å². The molecule has 1 atom stereocenters. The van der Waals surface area contributed by atoms with Crippen LogP contribution in [0.1, 0.15) is 16.7 Å². The molecule has 0 radical (unpaired) electrons. The van der Waals surface area contributed by atoms with Gasteiger partial charge in [0.05, 0.1) is 7.05 Å². The maximum atomic E-state index is 12.2.